The third kappa shape index (κ3) is 3.34. The summed E-state index contributed by atoms with van der Waals surface area (Å²) in [4.78, 5) is 11.1. The largest absolute Gasteiger partial charge is 0.399 e. The van der Waals surface area contributed by atoms with Crippen molar-refractivity contribution in [3.05, 3.63) is 24.3 Å². The van der Waals surface area contributed by atoms with Crippen LogP contribution in [0.3, 0.4) is 0 Å². The summed E-state index contributed by atoms with van der Waals surface area (Å²) in [5.41, 5.74) is 6.86. The summed E-state index contributed by atoms with van der Waals surface area (Å²) in [7, 11) is 0. The van der Waals surface area contributed by atoms with Crippen molar-refractivity contribution in [2.45, 2.75) is 6.42 Å². The molecule has 0 unspecified atom stereocenters. The number of carbonyl (C=O) groups is 1. The molecule has 0 aliphatic carbocycles. The van der Waals surface area contributed by atoms with Gasteiger partial charge in [-0.2, -0.15) is 0 Å². The molecule has 1 aromatic rings. The van der Waals surface area contributed by atoms with Crippen molar-refractivity contribution in [2.75, 3.05) is 16.9 Å². The second-order valence-electron chi connectivity index (χ2n) is 2.61. The Morgan fingerprint density at radius 1 is 1.54 bits per heavy atom. The van der Waals surface area contributed by atoms with Gasteiger partial charge in [-0.1, -0.05) is 6.07 Å². The molecule has 13 heavy (non-hydrogen) atoms. The van der Waals surface area contributed by atoms with E-state index >= 15 is 0 Å². The maximum Gasteiger partial charge on any atom is 0.225 e. The highest BCUT2D eigenvalue weighted by Crippen LogP contribution is 2.11. The molecule has 0 bridgehead atoms. The molecule has 3 nitrogen and oxygen atoms in total. The summed E-state index contributed by atoms with van der Waals surface area (Å²) in [6, 6.07) is 7.03. The number of hydrogen-bond donors (Lipinski definition) is 2. The van der Waals surface area contributed by atoms with E-state index in [4.69, 9.17) is 17.3 Å². The number of alkyl halides is 1. The predicted molar refractivity (Wildman–Crippen MR) is 54.8 cm³/mol. The lowest BCUT2D eigenvalue weighted by molar-refractivity contribution is -0.115. The van der Waals surface area contributed by atoms with Crippen molar-refractivity contribution in [3.63, 3.8) is 0 Å². The van der Waals surface area contributed by atoms with Crippen LogP contribution in [0.15, 0.2) is 24.3 Å². The Bertz CT molecular complexity index is 301. The van der Waals surface area contributed by atoms with Crippen LogP contribution < -0.4 is 11.1 Å². The van der Waals surface area contributed by atoms with Crippen LogP contribution in [0.5, 0.6) is 0 Å². The van der Waals surface area contributed by atoms with Crippen molar-refractivity contribution in [3.8, 4) is 0 Å². The smallest absolute Gasteiger partial charge is 0.225 e. The van der Waals surface area contributed by atoms with Gasteiger partial charge < -0.3 is 11.1 Å². The van der Waals surface area contributed by atoms with E-state index in [1.165, 1.54) is 0 Å². The monoisotopic (exact) mass is 198 g/mol. The average Bonchev–Trinajstić information content (AvgIpc) is 2.04. The van der Waals surface area contributed by atoms with Gasteiger partial charge in [0.05, 0.1) is 0 Å². The molecule has 1 rings (SSSR count). The predicted octanol–water partition coefficient (Wildman–Crippen LogP) is 1.84. The molecular formula is C9H11ClN2O. The molecule has 4 heteroatoms. The summed E-state index contributed by atoms with van der Waals surface area (Å²) in [6.07, 6.45) is 0.316. The van der Waals surface area contributed by atoms with Crippen LogP contribution in [0.1, 0.15) is 6.42 Å². The molecule has 0 fully saturated rings. The van der Waals surface area contributed by atoms with Crippen LogP contribution in [0.25, 0.3) is 0 Å². The Morgan fingerprint density at radius 3 is 2.92 bits per heavy atom. The quantitative estimate of drug-likeness (QED) is 0.575. The number of anilines is 2. The second-order valence-corrected chi connectivity index (χ2v) is 2.99. The molecule has 70 valence electrons. The van der Waals surface area contributed by atoms with Crippen LogP contribution in [0.4, 0.5) is 11.4 Å². The van der Waals surface area contributed by atoms with Gasteiger partial charge in [0.25, 0.3) is 0 Å². The number of nitrogens with one attached hydrogen (secondary N) is 1. The summed E-state index contributed by atoms with van der Waals surface area (Å²) < 4.78 is 0. The first-order chi connectivity index (χ1) is 6.22. The van der Waals surface area contributed by atoms with Crippen molar-refractivity contribution < 1.29 is 4.79 Å². The van der Waals surface area contributed by atoms with Crippen molar-refractivity contribution >= 4 is 28.9 Å². The van der Waals surface area contributed by atoms with E-state index in [-0.39, 0.29) is 5.91 Å². The van der Waals surface area contributed by atoms with Crippen LogP contribution in [0.2, 0.25) is 0 Å². The van der Waals surface area contributed by atoms with Gasteiger partial charge in [0.2, 0.25) is 5.91 Å². The molecular weight excluding hydrogens is 188 g/mol. The van der Waals surface area contributed by atoms with Gasteiger partial charge in [-0.3, -0.25) is 4.79 Å². The zero-order chi connectivity index (χ0) is 9.68. The lowest BCUT2D eigenvalue weighted by Gasteiger charge is -2.03. The molecule has 0 aliphatic heterocycles. The Hall–Kier alpha value is -1.22. The molecule has 0 aliphatic rings. The number of nitrogen functional groups attached to an aromatic ring is 1. The molecule has 0 heterocycles. The molecule has 0 saturated carbocycles. The fourth-order valence-electron chi connectivity index (χ4n) is 0.926. The maximum absolute atomic E-state index is 11.1. The number of hydrogen-bond acceptors (Lipinski definition) is 2. The highest BCUT2D eigenvalue weighted by atomic mass is 35.5. The lowest BCUT2D eigenvalue weighted by atomic mass is 10.3. The highest BCUT2D eigenvalue weighted by molar-refractivity contribution is 6.19. The molecule has 0 atom stereocenters. The molecule has 0 aromatic heterocycles. The number of amides is 1. The second kappa shape index (κ2) is 4.72. The van der Waals surface area contributed by atoms with Gasteiger partial charge >= 0.3 is 0 Å². The van der Waals surface area contributed by atoms with E-state index in [2.05, 4.69) is 5.32 Å². The SMILES string of the molecule is Nc1cccc(NC(=O)CCCl)c1. The third-order valence-corrected chi connectivity index (χ3v) is 1.68. The zero-order valence-electron chi connectivity index (χ0n) is 7.09. The Kier molecular flexibility index (Phi) is 3.58. The van der Waals surface area contributed by atoms with Gasteiger partial charge in [0.15, 0.2) is 0 Å². The molecule has 0 radical (unpaired) electrons. The van der Waals surface area contributed by atoms with Crippen LogP contribution in [0, 0.1) is 0 Å². The fraction of sp³-hybridized carbons (Fsp3) is 0.222. The first-order valence-corrected chi connectivity index (χ1v) is 4.47. The molecule has 1 amide bonds. The Balaban J connectivity index is 2.58. The fourth-order valence-corrected chi connectivity index (χ4v) is 1.10. The summed E-state index contributed by atoms with van der Waals surface area (Å²) in [5.74, 6) is 0.231. The van der Waals surface area contributed by atoms with Gasteiger partial charge in [0, 0.05) is 23.7 Å². The lowest BCUT2D eigenvalue weighted by Crippen LogP contribution is -2.11. The van der Waals surface area contributed by atoms with Crippen molar-refractivity contribution in [2.24, 2.45) is 0 Å². The minimum absolute atomic E-state index is 0.0967. The first-order valence-electron chi connectivity index (χ1n) is 3.93. The minimum atomic E-state index is -0.0967. The molecule has 0 spiro atoms. The number of halogens is 1. The topological polar surface area (TPSA) is 55.1 Å². The average molecular weight is 199 g/mol. The number of rotatable bonds is 3. The van der Waals surface area contributed by atoms with E-state index in [0.29, 0.717) is 23.7 Å². The highest BCUT2D eigenvalue weighted by Gasteiger charge is 2.00. The van der Waals surface area contributed by atoms with E-state index < -0.39 is 0 Å². The number of carbonyl (C=O) groups excluding carboxylic acids is 1. The maximum atomic E-state index is 11.1. The summed E-state index contributed by atoms with van der Waals surface area (Å²) in [6.45, 7) is 0. The molecule has 3 N–H and O–H groups in total. The number of benzene rings is 1. The zero-order valence-corrected chi connectivity index (χ0v) is 7.84. The van der Waals surface area contributed by atoms with Gasteiger partial charge in [-0.25, -0.2) is 0 Å². The van der Waals surface area contributed by atoms with Crippen LogP contribution in [-0.4, -0.2) is 11.8 Å². The normalized spacial score (nSPS) is 9.62. The van der Waals surface area contributed by atoms with E-state index in [1.54, 1.807) is 24.3 Å². The Morgan fingerprint density at radius 2 is 2.31 bits per heavy atom. The number of nitrogens with two attached hydrogens (primary N) is 1. The van der Waals surface area contributed by atoms with Gasteiger partial charge in [-0.15, -0.1) is 11.6 Å². The van der Waals surface area contributed by atoms with Crippen molar-refractivity contribution in [1.82, 2.24) is 0 Å². The molecule has 0 saturated heterocycles. The van der Waals surface area contributed by atoms with E-state index in [0.717, 1.165) is 0 Å². The van der Waals surface area contributed by atoms with Gasteiger partial charge in [0.1, 0.15) is 0 Å². The first kappa shape index (κ1) is 9.86. The minimum Gasteiger partial charge on any atom is -0.399 e. The van der Waals surface area contributed by atoms with Crippen molar-refractivity contribution in [1.29, 1.82) is 0 Å². The third-order valence-electron chi connectivity index (χ3n) is 1.49. The van der Waals surface area contributed by atoms with Crippen LogP contribution in [-0.2, 0) is 4.79 Å². The Labute approximate surface area is 81.9 Å². The standard InChI is InChI=1S/C9H11ClN2O/c10-5-4-9(13)12-8-3-1-2-7(11)6-8/h1-3,6H,4-5,11H2,(H,12,13). The van der Waals surface area contributed by atoms with E-state index in [9.17, 15) is 4.79 Å². The molecule has 1 aromatic carbocycles. The van der Waals surface area contributed by atoms with E-state index in [1.807, 2.05) is 0 Å². The van der Waals surface area contributed by atoms with Crippen LogP contribution >= 0.6 is 11.6 Å². The van der Waals surface area contributed by atoms with Gasteiger partial charge in [-0.05, 0) is 18.2 Å². The summed E-state index contributed by atoms with van der Waals surface area (Å²) in [5, 5.41) is 2.68. The summed E-state index contributed by atoms with van der Waals surface area (Å²) >= 11 is 5.41.